The highest BCUT2D eigenvalue weighted by Gasteiger charge is 2.21. The van der Waals surface area contributed by atoms with Crippen LogP contribution in [0.15, 0.2) is 30.3 Å². The lowest BCUT2D eigenvalue weighted by Crippen LogP contribution is -2.38. The summed E-state index contributed by atoms with van der Waals surface area (Å²) in [5.74, 6) is 0.189. The summed E-state index contributed by atoms with van der Waals surface area (Å²) in [5, 5.41) is 1.17. The third-order valence-corrected chi connectivity index (χ3v) is 4.88. The van der Waals surface area contributed by atoms with Crippen LogP contribution in [0.2, 0.25) is 0 Å². The van der Waals surface area contributed by atoms with E-state index in [1.54, 1.807) is 11.3 Å². The lowest BCUT2D eigenvalue weighted by molar-refractivity contribution is 0.0690. The van der Waals surface area contributed by atoms with Crippen molar-refractivity contribution in [3.05, 3.63) is 35.2 Å². The summed E-state index contributed by atoms with van der Waals surface area (Å²) in [4.78, 5) is 15.7. The summed E-state index contributed by atoms with van der Waals surface area (Å²) in [6, 6.07) is 10.5. The van der Waals surface area contributed by atoms with Crippen LogP contribution in [0.1, 0.15) is 49.7 Å². The van der Waals surface area contributed by atoms with Gasteiger partial charge < -0.3 is 4.90 Å². The van der Waals surface area contributed by atoms with E-state index < -0.39 is 0 Å². The van der Waals surface area contributed by atoms with Crippen LogP contribution in [0.25, 0.3) is 10.1 Å². The Bertz CT molecular complexity index is 542. The Morgan fingerprint density at radius 2 is 2.05 bits per heavy atom. The van der Waals surface area contributed by atoms with Crippen LogP contribution in [0.4, 0.5) is 0 Å². The molecule has 1 aromatic heterocycles. The maximum atomic E-state index is 12.8. The molecule has 1 atom stereocenters. The Kier molecular flexibility index (Phi) is 5.18. The van der Waals surface area contributed by atoms with E-state index in [0.29, 0.717) is 6.04 Å². The van der Waals surface area contributed by atoms with E-state index in [2.05, 4.69) is 32.9 Å². The van der Waals surface area contributed by atoms with Gasteiger partial charge in [-0.2, -0.15) is 0 Å². The zero-order valence-corrected chi connectivity index (χ0v) is 13.4. The summed E-state index contributed by atoms with van der Waals surface area (Å²) in [5.41, 5.74) is 0. The van der Waals surface area contributed by atoms with E-state index >= 15 is 0 Å². The Morgan fingerprint density at radius 1 is 1.30 bits per heavy atom. The van der Waals surface area contributed by atoms with E-state index in [1.165, 1.54) is 10.1 Å². The fourth-order valence-electron chi connectivity index (χ4n) is 2.30. The van der Waals surface area contributed by atoms with E-state index in [1.807, 2.05) is 23.1 Å². The van der Waals surface area contributed by atoms with Gasteiger partial charge in [0.2, 0.25) is 0 Å². The van der Waals surface area contributed by atoms with Crippen LogP contribution in [0.5, 0.6) is 0 Å². The molecule has 0 saturated heterocycles. The second kappa shape index (κ2) is 6.89. The lowest BCUT2D eigenvalue weighted by atomic mass is 10.2. The van der Waals surface area contributed by atoms with Gasteiger partial charge in [0.05, 0.1) is 4.88 Å². The molecule has 2 aromatic rings. The number of rotatable bonds is 6. The SMILES string of the molecule is CCCCN(C(=O)c1cc2ccccc2s1)C(C)CC. The molecule has 0 N–H and O–H groups in total. The van der Waals surface area contributed by atoms with E-state index in [9.17, 15) is 4.79 Å². The average Bonchev–Trinajstić information content (AvgIpc) is 2.90. The molecule has 0 radical (unpaired) electrons. The van der Waals surface area contributed by atoms with Gasteiger partial charge in [-0.3, -0.25) is 4.79 Å². The molecule has 1 amide bonds. The fourth-order valence-corrected chi connectivity index (χ4v) is 3.32. The van der Waals surface area contributed by atoms with Gasteiger partial charge in [0.15, 0.2) is 0 Å². The Morgan fingerprint density at radius 3 is 2.70 bits per heavy atom. The summed E-state index contributed by atoms with van der Waals surface area (Å²) in [7, 11) is 0. The molecular weight excluding hydrogens is 266 g/mol. The van der Waals surface area contributed by atoms with Crippen LogP contribution < -0.4 is 0 Å². The summed E-state index contributed by atoms with van der Waals surface area (Å²) < 4.78 is 1.19. The number of thiophene rings is 1. The van der Waals surface area contributed by atoms with Crippen molar-refractivity contribution in [2.45, 2.75) is 46.1 Å². The van der Waals surface area contributed by atoms with E-state index in [4.69, 9.17) is 0 Å². The van der Waals surface area contributed by atoms with Gasteiger partial charge in [0.1, 0.15) is 0 Å². The molecule has 20 heavy (non-hydrogen) atoms. The topological polar surface area (TPSA) is 20.3 Å². The van der Waals surface area contributed by atoms with Gasteiger partial charge in [0.25, 0.3) is 5.91 Å². The van der Waals surface area contributed by atoms with Crippen LogP contribution in [-0.2, 0) is 0 Å². The van der Waals surface area contributed by atoms with Crippen molar-refractivity contribution >= 4 is 27.3 Å². The first-order valence-corrected chi connectivity index (χ1v) is 8.28. The number of amides is 1. The van der Waals surface area contributed by atoms with Gasteiger partial charge in [-0.15, -0.1) is 11.3 Å². The molecule has 0 bridgehead atoms. The minimum absolute atomic E-state index is 0.189. The quantitative estimate of drug-likeness (QED) is 0.737. The zero-order chi connectivity index (χ0) is 14.5. The molecule has 2 rings (SSSR count). The van der Waals surface area contributed by atoms with Crippen molar-refractivity contribution < 1.29 is 4.79 Å². The Labute approximate surface area is 125 Å². The normalized spacial score (nSPS) is 12.6. The zero-order valence-electron chi connectivity index (χ0n) is 12.6. The van der Waals surface area contributed by atoms with Gasteiger partial charge >= 0.3 is 0 Å². The molecule has 0 spiro atoms. The number of carbonyl (C=O) groups excluding carboxylic acids is 1. The second-order valence-corrected chi connectivity index (χ2v) is 6.34. The van der Waals surface area contributed by atoms with Crippen molar-refractivity contribution in [2.24, 2.45) is 0 Å². The molecule has 2 nitrogen and oxygen atoms in total. The molecule has 0 saturated carbocycles. The minimum Gasteiger partial charge on any atom is -0.335 e. The molecule has 3 heteroatoms. The molecule has 0 fully saturated rings. The van der Waals surface area contributed by atoms with Crippen LogP contribution in [0.3, 0.4) is 0 Å². The molecule has 0 aliphatic rings. The minimum atomic E-state index is 0.189. The monoisotopic (exact) mass is 289 g/mol. The Hall–Kier alpha value is -1.35. The maximum absolute atomic E-state index is 12.8. The van der Waals surface area contributed by atoms with Crippen LogP contribution in [0, 0.1) is 0 Å². The molecule has 0 aliphatic heterocycles. The third-order valence-electron chi connectivity index (χ3n) is 3.77. The number of hydrogen-bond donors (Lipinski definition) is 0. The number of hydrogen-bond acceptors (Lipinski definition) is 2. The second-order valence-electron chi connectivity index (χ2n) is 5.26. The molecule has 1 heterocycles. The van der Waals surface area contributed by atoms with Crippen molar-refractivity contribution in [2.75, 3.05) is 6.54 Å². The predicted molar refractivity (Wildman–Crippen MR) is 87.5 cm³/mol. The number of carbonyl (C=O) groups is 1. The molecule has 108 valence electrons. The summed E-state index contributed by atoms with van der Waals surface area (Å²) >= 11 is 1.60. The van der Waals surface area contributed by atoms with Crippen molar-refractivity contribution in [3.8, 4) is 0 Å². The number of nitrogens with zero attached hydrogens (tertiary/aromatic N) is 1. The van der Waals surface area contributed by atoms with Crippen molar-refractivity contribution in [1.82, 2.24) is 4.90 Å². The van der Waals surface area contributed by atoms with Gasteiger partial charge in [0, 0.05) is 17.3 Å². The van der Waals surface area contributed by atoms with Crippen molar-refractivity contribution in [3.63, 3.8) is 0 Å². The van der Waals surface area contributed by atoms with Crippen LogP contribution in [-0.4, -0.2) is 23.4 Å². The highest BCUT2D eigenvalue weighted by Crippen LogP contribution is 2.27. The largest absolute Gasteiger partial charge is 0.335 e. The highest BCUT2D eigenvalue weighted by molar-refractivity contribution is 7.20. The average molecular weight is 289 g/mol. The summed E-state index contributed by atoms with van der Waals surface area (Å²) in [6.07, 6.45) is 3.19. The third kappa shape index (κ3) is 3.21. The van der Waals surface area contributed by atoms with Gasteiger partial charge in [-0.25, -0.2) is 0 Å². The van der Waals surface area contributed by atoms with Crippen LogP contribution >= 0.6 is 11.3 Å². The Balaban J connectivity index is 2.25. The molecule has 0 aliphatic carbocycles. The molecular formula is C17H23NOS. The molecule has 1 aromatic carbocycles. The van der Waals surface area contributed by atoms with Gasteiger partial charge in [-0.1, -0.05) is 38.5 Å². The lowest BCUT2D eigenvalue weighted by Gasteiger charge is -2.28. The predicted octanol–water partition coefficient (Wildman–Crippen LogP) is 4.94. The number of unbranched alkanes of at least 4 members (excludes halogenated alkanes) is 1. The fraction of sp³-hybridized carbons (Fsp3) is 0.471. The smallest absolute Gasteiger partial charge is 0.264 e. The van der Waals surface area contributed by atoms with Crippen molar-refractivity contribution in [1.29, 1.82) is 0 Å². The highest BCUT2D eigenvalue weighted by atomic mass is 32.1. The summed E-state index contributed by atoms with van der Waals surface area (Å²) in [6.45, 7) is 7.31. The maximum Gasteiger partial charge on any atom is 0.264 e. The molecule has 1 unspecified atom stereocenters. The first-order valence-electron chi connectivity index (χ1n) is 7.46. The first-order chi connectivity index (χ1) is 9.67. The van der Waals surface area contributed by atoms with E-state index in [-0.39, 0.29) is 5.91 Å². The standard InChI is InChI=1S/C17H23NOS/c1-4-6-11-18(13(3)5-2)17(19)16-12-14-9-7-8-10-15(14)20-16/h7-10,12-13H,4-6,11H2,1-3H3. The number of benzene rings is 1. The number of fused-ring (bicyclic) bond motifs is 1. The first kappa shape index (κ1) is 15.0. The van der Waals surface area contributed by atoms with E-state index in [0.717, 1.165) is 30.7 Å². The van der Waals surface area contributed by atoms with Gasteiger partial charge in [-0.05, 0) is 37.3 Å².